The first-order valence-electron chi connectivity index (χ1n) is 11.2. The fourth-order valence-electron chi connectivity index (χ4n) is 4.36. The van der Waals surface area contributed by atoms with Gasteiger partial charge in [-0.2, -0.15) is 12.7 Å². The molecule has 3 aromatic rings. The van der Waals surface area contributed by atoms with Gasteiger partial charge < -0.3 is 15.0 Å². The van der Waals surface area contributed by atoms with Gasteiger partial charge in [0.25, 0.3) is 0 Å². The van der Waals surface area contributed by atoms with Crippen molar-refractivity contribution in [3.63, 3.8) is 0 Å². The number of hydrogen-bond donors (Lipinski definition) is 3. The minimum absolute atomic E-state index is 0.0564. The van der Waals surface area contributed by atoms with Crippen molar-refractivity contribution in [3.05, 3.63) is 47.7 Å². The smallest absolute Gasteiger partial charge is 0.301 e. The molecule has 0 saturated carbocycles. The molecule has 0 bridgehead atoms. The van der Waals surface area contributed by atoms with Gasteiger partial charge in [-0.15, -0.1) is 0 Å². The minimum Gasteiger partial charge on any atom is -0.376 e. The van der Waals surface area contributed by atoms with Crippen molar-refractivity contribution in [2.45, 2.75) is 31.8 Å². The van der Waals surface area contributed by atoms with Crippen LogP contribution in [0.1, 0.15) is 41.6 Å². The molecule has 0 aliphatic carbocycles. The first-order valence-corrected chi connectivity index (χ1v) is 12.7. The van der Waals surface area contributed by atoms with E-state index in [9.17, 15) is 13.2 Å². The number of carbonyl (C=O) groups is 1. The van der Waals surface area contributed by atoms with Crippen molar-refractivity contribution >= 4 is 38.5 Å². The van der Waals surface area contributed by atoms with E-state index >= 15 is 4.39 Å². The number of nitrogens with zero attached hydrogens (tertiary/aromatic N) is 3. The molecule has 180 valence electrons. The zero-order chi connectivity index (χ0) is 23.7. The molecule has 1 atom stereocenters. The van der Waals surface area contributed by atoms with Crippen LogP contribution in [0.5, 0.6) is 0 Å². The number of carbonyl (C=O) groups excluding carboxylic acids is 1. The van der Waals surface area contributed by atoms with E-state index in [2.05, 4.69) is 25.0 Å². The lowest BCUT2D eigenvalue weighted by atomic mass is 10.0. The highest BCUT2D eigenvalue weighted by molar-refractivity contribution is 7.90. The predicted molar refractivity (Wildman–Crippen MR) is 125 cm³/mol. The van der Waals surface area contributed by atoms with Crippen LogP contribution in [-0.4, -0.2) is 65.8 Å². The normalized spacial score (nSPS) is 19.0. The third kappa shape index (κ3) is 4.36. The lowest BCUT2D eigenvalue weighted by molar-refractivity contribution is 0.103. The van der Waals surface area contributed by atoms with Crippen LogP contribution < -0.4 is 10.0 Å². The zero-order valence-corrected chi connectivity index (χ0v) is 19.2. The maximum atomic E-state index is 15.3. The van der Waals surface area contributed by atoms with E-state index < -0.39 is 21.8 Å². The Bertz CT molecular complexity index is 1320. The Morgan fingerprint density at radius 1 is 1.21 bits per heavy atom. The van der Waals surface area contributed by atoms with Gasteiger partial charge in [0, 0.05) is 32.4 Å². The van der Waals surface area contributed by atoms with Crippen LogP contribution >= 0.6 is 0 Å². The van der Waals surface area contributed by atoms with Gasteiger partial charge >= 0.3 is 10.2 Å². The molecule has 0 amide bonds. The van der Waals surface area contributed by atoms with E-state index in [1.165, 1.54) is 35.0 Å². The van der Waals surface area contributed by atoms with E-state index in [0.29, 0.717) is 36.5 Å². The van der Waals surface area contributed by atoms with Crippen molar-refractivity contribution in [2.24, 2.45) is 0 Å². The molecule has 2 aliphatic heterocycles. The molecule has 5 rings (SSSR count). The monoisotopic (exact) mass is 488 g/mol. The van der Waals surface area contributed by atoms with Crippen LogP contribution in [0.15, 0.2) is 30.7 Å². The Hall–Kier alpha value is -3.09. The number of ketones is 1. The van der Waals surface area contributed by atoms with Crippen LogP contribution in [0.4, 0.5) is 15.9 Å². The van der Waals surface area contributed by atoms with Crippen LogP contribution in [-0.2, 0) is 14.9 Å². The number of nitrogens with one attached hydrogen (secondary N) is 3. The second kappa shape index (κ2) is 9.28. The summed E-state index contributed by atoms with van der Waals surface area (Å²) in [7, 11) is -3.90. The number of benzene rings is 1. The highest BCUT2D eigenvalue weighted by Gasteiger charge is 2.28. The first kappa shape index (κ1) is 22.7. The molecular formula is C22H25FN6O4S. The average Bonchev–Trinajstić information content (AvgIpc) is 3.60. The molecule has 2 aliphatic rings. The summed E-state index contributed by atoms with van der Waals surface area (Å²) in [5.41, 5.74) is 0.0883. The number of H-pyrrole nitrogens is 1. The molecule has 34 heavy (non-hydrogen) atoms. The maximum Gasteiger partial charge on any atom is 0.301 e. The van der Waals surface area contributed by atoms with Crippen molar-refractivity contribution in [3.8, 4) is 0 Å². The summed E-state index contributed by atoms with van der Waals surface area (Å²) in [6.45, 7) is 2.00. The van der Waals surface area contributed by atoms with Crippen molar-refractivity contribution in [2.75, 3.05) is 36.3 Å². The maximum absolute atomic E-state index is 15.3. The SMILES string of the molecule is O=C(c1cccc(NS(=O)(=O)N2CCCC2)c1F)c1c[nH]c2ncnc(NC[C@@H]3CCCO3)c12. The molecule has 0 spiro atoms. The number of halogens is 1. The van der Waals surface area contributed by atoms with Crippen LogP contribution in [0.25, 0.3) is 11.0 Å². The molecule has 12 heteroatoms. The number of ether oxygens (including phenoxy) is 1. The highest BCUT2D eigenvalue weighted by Crippen LogP contribution is 2.29. The Morgan fingerprint density at radius 3 is 2.79 bits per heavy atom. The lowest BCUT2D eigenvalue weighted by Gasteiger charge is -2.17. The van der Waals surface area contributed by atoms with Gasteiger partial charge in [-0.05, 0) is 37.8 Å². The lowest BCUT2D eigenvalue weighted by Crippen LogP contribution is -2.33. The molecule has 0 radical (unpaired) electrons. The number of hydrogen-bond acceptors (Lipinski definition) is 7. The first-order chi connectivity index (χ1) is 16.4. The Morgan fingerprint density at radius 2 is 2.03 bits per heavy atom. The van der Waals surface area contributed by atoms with E-state index in [1.807, 2.05) is 0 Å². The molecular weight excluding hydrogens is 463 g/mol. The third-order valence-electron chi connectivity index (χ3n) is 6.12. The van der Waals surface area contributed by atoms with E-state index in [-0.39, 0.29) is 22.9 Å². The fourth-order valence-corrected chi connectivity index (χ4v) is 5.66. The largest absolute Gasteiger partial charge is 0.376 e. The summed E-state index contributed by atoms with van der Waals surface area (Å²) in [4.78, 5) is 24.7. The number of rotatable bonds is 8. The standard InChI is InChI=1S/C22H25FN6O4S/c23-19-15(6-3-7-17(19)28-34(31,32)29-8-1-2-9-29)20(30)16-12-25-22-18(16)21(26-13-27-22)24-11-14-5-4-10-33-14/h3,6-7,12-14,28H,1-2,4-5,8-11H2,(H2,24,25,26,27)/t14-/m0/s1. The van der Waals surface area contributed by atoms with Crippen molar-refractivity contribution in [1.29, 1.82) is 0 Å². The number of aromatic amines is 1. The molecule has 2 saturated heterocycles. The summed E-state index contributed by atoms with van der Waals surface area (Å²) in [5, 5.41) is 3.65. The van der Waals surface area contributed by atoms with E-state index in [0.717, 1.165) is 32.3 Å². The van der Waals surface area contributed by atoms with Crippen LogP contribution in [0.2, 0.25) is 0 Å². The third-order valence-corrected chi connectivity index (χ3v) is 7.65. The van der Waals surface area contributed by atoms with Gasteiger partial charge in [-0.25, -0.2) is 14.4 Å². The summed E-state index contributed by atoms with van der Waals surface area (Å²) >= 11 is 0. The molecule has 10 nitrogen and oxygen atoms in total. The molecule has 1 aromatic carbocycles. The van der Waals surface area contributed by atoms with E-state index in [1.54, 1.807) is 0 Å². The van der Waals surface area contributed by atoms with Crippen molar-refractivity contribution < 1.29 is 22.3 Å². The fraction of sp³-hybridized carbons (Fsp3) is 0.409. The van der Waals surface area contributed by atoms with Crippen LogP contribution in [0, 0.1) is 5.82 Å². The molecule has 2 aromatic heterocycles. The average molecular weight is 489 g/mol. The Balaban J connectivity index is 1.44. The van der Waals surface area contributed by atoms with Gasteiger partial charge in [0.15, 0.2) is 11.6 Å². The zero-order valence-electron chi connectivity index (χ0n) is 18.4. The van der Waals surface area contributed by atoms with Gasteiger partial charge in [-0.1, -0.05) is 6.07 Å². The van der Waals surface area contributed by atoms with Gasteiger partial charge in [0.1, 0.15) is 17.8 Å². The van der Waals surface area contributed by atoms with E-state index in [4.69, 9.17) is 4.74 Å². The second-order valence-electron chi connectivity index (χ2n) is 8.37. The summed E-state index contributed by atoms with van der Waals surface area (Å²) in [6.07, 6.45) is 6.34. The van der Waals surface area contributed by atoms with Gasteiger partial charge in [0.2, 0.25) is 0 Å². The summed E-state index contributed by atoms with van der Waals surface area (Å²) < 4.78 is 49.7. The predicted octanol–water partition coefficient (Wildman–Crippen LogP) is 2.67. The van der Waals surface area contributed by atoms with Gasteiger partial charge in [-0.3, -0.25) is 9.52 Å². The number of fused-ring (bicyclic) bond motifs is 1. The second-order valence-corrected chi connectivity index (χ2v) is 10.0. The molecule has 4 heterocycles. The highest BCUT2D eigenvalue weighted by atomic mass is 32.2. The molecule has 2 fully saturated rings. The minimum atomic E-state index is -3.90. The summed E-state index contributed by atoms with van der Waals surface area (Å²) in [6, 6.07) is 4.07. The van der Waals surface area contributed by atoms with Gasteiger partial charge in [0.05, 0.1) is 28.3 Å². The number of aromatic nitrogens is 3. The Labute approximate surface area is 196 Å². The topological polar surface area (TPSA) is 129 Å². The number of anilines is 2. The Kier molecular flexibility index (Phi) is 6.19. The quantitative estimate of drug-likeness (QED) is 0.416. The molecule has 0 unspecified atom stereocenters. The van der Waals surface area contributed by atoms with Crippen molar-refractivity contribution in [1.82, 2.24) is 19.3 Å². The van der Waals surface area contributed by atoms with Crippen LogP contribution in [0.3, 0.4) is 0 Å². The molecule has 3 N–H and O–H groups in total. The summed E-state index contributed by atoms with van der Waals surface area (Å²) in [5.74, 6) is -1.10.